The molecular formula is C15H14N2O2. The second-order valence-corrected chi connectivity index (χ2v) is 4.60. The Morgan fingerprint density at radius 1 is 1.11 bits per heavy atom. The average molecular weight is 254 g/mol. The molecule has 0 bridgehead atoms. The number of H-pyrrole nitrogens is 1. The van der Waals surface area contributed by atoms with E-state index in [1.807, 2.05) is 24.3 Å². The summed E-state index contributed by atoms with van der Waals surface area (Å²) >= 11 is 0. The number of carbonyl (C=O) groups is 2. The second kappa shape index (κ2) is 4.72. The van der Waals surface area contributed by atoms with E-state index in [1.54, 1.807) is 23.2 Å². The zero-order chi connectivity index (χ0) is 13.2. The lowest BCUT2D eigenvalue weighted by Crippen LogP contribution is -2.40. The van der Waals surface area contributed by atoms with Gasteiger partial charge in [-0.1, -0.05) is 18.2 Å². The minimum Gasteiger partial charge on any atom is -0.358 e. The van der Waals surface area contributed by atoms with Crippen molar-refractivity contribution in [1.29, 1.82) is 0 Å². The van der Waals surface area contributed by atoms with Crippen LogP contribution in [0.15, 0.2) is 42.6 Å². The molecule has 19 heavy (non-hydrogen) atoms. The van der Waals surface area contributed by atoms with Crippen molar-refractivity contribution in [2.24, 2.45) is 0 Å². The zero-order valence-electron chi connectivity index (χ0n) is 10.4. The fourth-order valence-corrected chi connectivity index (χ4v) is 2.45. The van der Waals surface area contributed by atoms with Gasteiger partial charge in [0.05, 0.1) is 5.69 Å². The highest BCUT2D eigenvalue weighted by atomic mass is 16.2. The number of para-hydroxylation sites is 1. The van der Waals surface area contributed by atoms with Gasteiger partial charge in [0, 0.05) is 18.4 Å². The van der Waals surface area contributed by atoms with Gasteiger partial charge in [0.15, 0.2) is 0 Å². The number of hydrogen-bond acceptors (Lipinski definition) is 2. The van der Waals surface area contributed by atoms with E-state index in [4.69, 9.17) is 0 Å². The fraction of sp³-hybridized carbons (Fsp3) is 0.200. The summed E-state index contributed by atoms with van der Waals surface area (Å²) in [6.07, 6.45) is 3.49. The molecule has 2 aromatic rings. The fourth-order valence-electron chi connectivity index (χ4n) is 2.45. The molecule has 1 aliphatic heterocycles. The van der Waals surface area contributed by atoms with E-state index in [0.29, 0.717) is 12.2 Å². The molecule has 1 amide bonds. The van der Waals surface area contributed by atoms with Crippen molar-refractivity contribution in [3.05, 3.63) is 53.9 Å². The second-order valence-electron chi connectivity index (χ2n) is 4.60. The number of aromatic nitrogens is 1. The van der Waals surface area contributed by atoms with Crippen LogP contribution < -0.4 is 4.90 Å². The Balaban J connectivity index is 1.91. The minimum absolute atomic E-state index is 0.341. The van der Waals surface area contributed by atoms with Crippen LogP contribution in [0.25, 0.3) is 0 Å². The molecule has 4 nitrogen and oxygen atoms in total. The molecule has 2 heterocycles. The lowest BCUT2D eigenvalue weighted by atomic mass is 10.0. The van der Waals surface area contributed by atoms with Gasteiger partial charge in [0.25, 0.3) is 5.78 Å². The molecule has 0 unspecified atom stereocenters. The van der Waals surface area contributed by atoms with Gasteiger partial charge in [0.1, 0.15) is 0 Å². The maximum absolute atomic E-state index is 12.3. The van der Waals surface area contributed by atoms with Crippen molar-refractivity contribution in [3.8, 4) is 0 Å². The Morgan fingerprint density at radius 2 is 1.95 bits per heavy atom. The van der Waals surface area contributed by atoms with Crippen LogP contribution in [0.1, 0.15) is 22.5 Å². The molecule has 0 saturated carbocycles. The van der Waals surface area contributed by atoms with Gasteiger partial charge < -0.3 is 9.88 Å². The third-order valence-corrected chi connectivity index (χ3v) is 3.39. The van der Waals surface area contributed by atoms with Gasteiger partial charge in [-0.15, -0.1) is 0 Å². The van der Waals surface area contributed by atoms with E-state index in [1.165, 1.54) is 0 Å². The summed E-state index contributed by atoms with van der Waals surface area (Å²) in [6, 6.07) is 11.1. The molecular weight excluding hydrogens is 240 g/mol. The molecule has 0 fully saturated rings. The molecule has 3 rings (SSSR count). The van der Waals surface area contributed by atoms with Crippen LogP contribution in [0.2, 0.25) is 0 Å². The van der Waals surface area contributed by atoms with Crippen LogP contribution in [-0.2, 0) is 11.2 Å². The molecule has 0 radical (unpaired) electrons. The van der Waals surface area contributed by atoms with Crippen molar-refractivity contribution >= 4 is 17.4 Å². The van der Waals surface area contributed by atoms with Crippen molar-refractivity contribution < 1.29 is 9.59 Å². The van der Waals surface area contributed by atoms with Crippen molar-refractivity contribution in [3.63, 3.8) is 0 Å². The zero-order valence-corrected chi connectivity index (χ0v) is 10.4. The lowest BCUT2D eigenvalue weighted by molar-refractivity contribution is -0.114. The van der Waals surface area contributed by atoms with Crippen LogP contribution in [0.3, 0.4) is 0 Å². The quantitative estimate of drug-likeness (QED) is 0.659. The van der Waals surface area contributed by atoms with Gasteiger partial charge in [0.2, 0.25) is 0 Å². The first kappa shape index (κ1) is 11.7. The number of Topliss-reactive ketones (excluding diaryl/α,β-unsaturated/α-hetero) is 1. The highest BCUT2D eigenvalue weighted by Crippen LogP contribution is 2.27. The van der Waals surface area contributed by atoms with Crippen LogP contribution >= 0.6 is 0 Å². The van der Waals surface area contributed by atoms with E-state index in [-0.39, 0.29) is 0 Å². The molecule has 1 aliphatic rings. The summed E-state index contributed by atoms with van der Waals surface area (Å²) in [5, 5.41) is 0. The first-order chi connectivity index (χ1) is 9.27. The first-order valence-electron chi connectivity index (χ1n) is 6.35. The summed E-state index contributed by atoms with van der Waals surface area (Å²) in [4.78, 5) is 28.8. The number of aryl methyl sites for hydroxylation is 1. The molecule has 0 spiro atoms. The normalized spacial score (nSPS) is 14.0. The summed E-state index contributed by atoms with van der Waals surface area (Å²) in [7, 11) is 0. The summed E-state index contributed by atoms with van der Waals surface area (Å²) in [5.74, 6) is -0.948. The highest BCUT2D eigenvalue weighted by Gasteiger charge is 2.28. The van der Waals surface area contributed by atoms with E-state index < -0.39 is 11.7 Å². The molecule has 4 heteroatoms. The van der Waals surface area contributed by atoms with Crippen LogP contribution in [-0.4, -0.2) is 23.2 Å². The van der Waals surface area contributed by atoms with Crippen molar-refractivity contribution in [2.75, 3.05) is 11.4 Å². The molecule has 1 N–H and O–H groups in total. The van der Waals surface area contributed by atoms with E-state index in [9.17, 15) is 9.59 Å². The van der Waals surface area contributed by atoms with Crippen LogP contribution in [0, 0.1) is 0 Å². The van der Waals surface area contributed by atoms with Gasteiger partial charge >= 0.3 is 5.91 Å². The molecule has 0 atom stereocenters. The summed E-state index contributed by atoms with van der Waals surface area (Å²) in [5.41, 5.74) is 2.33. The molecule has 0 aliphatic carbocycles. The summed E-state index contributed by atoms with van der Waals surface area (Å²) < 4.78 is 0. The van der Waals surface area contributed by atoms with Crippen LogP contribution in [0.5, 0.6) is 0 Å². The number of amides is 1. The van der Waals surface area contributed by atoms with Crippen molar-refractivity contribution in [1.82, 2.24) is 4.98 Å². The number of benzene rings is 1. The predicted molar refractivity (Wildman–Crippen MR) is 72.2 cm³/mol. The lowest BCUT2D eigenvalue weighted by Gasteiger charge is -2.28. The van der Waals surface area contributed by atoms with Gasteiger partial charge in [-0.3, -0.25) is 9.59 Å². The standard InChI is InChI=1S/C15H14N2O2/c18-14(12-7-3-9-16-12)15(19)17-10-4-6-11-5-1-2-8-13(11)17/h1-3,5,7-9,16H,4,6,10H2. The Bertz CT molecular complexity index is 617. The Morgan fingerprint density at radius 3 is 2.74 bits per heavy atom. The Hall–Kier alpha value is -2.36. The number of fused-ring (bicyclic) bond motifs is 1. The number of rotatable bonds is 2. The molecule has 1 aromatic heterocycles. The largest absolute Gasteiger partial charge is 0.358 e. The number of anilines is 1. The molecule has 0 saturated heterocycles. The SMILES string of the molecule is O=C(C(=O)N1CCCc2ccccc21)c1ccc[nH]1. The van der Waals surface area contributed by atoms with E-state index in [2.05, 4.69) is 4.98 Å². The number of ketones is 1. The van der Waals surface area contributed by atoms with E-state index in [0.717, 1.165) is 24.1 Å². The number of nitrogens with zero attached hydrogens (tertiary/aromatic N) is 1. The Kier molecular flexibility index (Phi) is 2.91. The number of hydrogen-bond donors (Lipinski definition) is 1. The molecule has 96 valence electrons. The maximum Gasteiger partial charge on any atom is 0.300 e. The van der Waals surface area contributed by atoms with Gasteiger partial charge in [-0.05, 0) is 36.6 Å². The minimum atomic E-state index is -0.485. The Labute approximate surface area is 111 Å². The average Bonchev–Trinajstić information content (AvgIpc) is 2.99. The molecule has 1 aromatic carbocycles. The topological polar surface area (TPSA) is 53.2 Å². The third-order valence-electron chi connectivity index (χ3n) is 3.39. The van der Waals surface area contributed by atoms with E-state index >= 15 is 0 Å². The highest BCUT2D eigenvalue weighted by molar-refractivity contribution is 6.46. The number of carbonyl (C=O) groups excluding carboxylic acids is 2. The summed E-state index contributed by atoms with van der Waals surface area (Å²) in [6.45, 7) is 0.599. The first-order valence-corrected chi connectivity index (χ1v) is 6.35. The van der Waals surface area contributed by atoms with Gasteiger partial charge in [-0.2, -0.15) is 0 Å². The van der Waals surface area contributed by atoms with Gasteiger partial charge in [-0.25, -0.2) is 0 Å². The van der Waals surface area contributed by atoms with Crippen LogP contribution in [0.4, 0.5) is 5.69 Å². The third kappa shape index (κ3) is 2.05. The van der Waals surface area contributed by atoms with Crippen molar-refractivity contribution in [2.45, 2.75) is 12.8 Å². The smallest absolute Gasteiger partial charge is 0.300 e. The monoisotopic (exact) mass is 254 g/mol. The number of aromatic amines is 1. The predicted octanol–water partition coefficient (Wildman–Crippen LogP) is 2.18. The number of nitrogens with one attached hydrogen (secondary N) is 1. The maximum atomic E-state index is 12.3.